The highest BCUT2D eigenvalue weighted by molar-refractivity contribution is 7.99. The van der Waals surface area contributed by atoms with Gasteiger partial charge in [0.05, 0.1) is 11.4 Å². The minimum Gasteiger partial charge on any atom is -0.325 e. The van der Waals surface area contributed by atoms with Crippen molar-refractivity contribution >= 4 is 23.4 Å². The lowest BCUT2D eigenvalue weighted by atomic mass is 10.0. The minimum atomic E-state index is -0.00391. The molecule has 28 heavy (non-hydrogen) atoms. The number of thioether (sulfide) groups is 1. The van der Waals surface area contributed by atoms with Crippen LogP contribution in [0.5, 0.6) is 0 Å². The molecule has 3 aromatic rings. The quantitative estimate of drug-likeness (QED) is 0.551. The van der Waals surface area contributed by atoms with Gasteiger partial charge >= 0.3 is 0 Å². The summed E-state index contributed by atoms with van der Waals surface area (Å²) < 4.78 is 2.05. The summed E-state index contributed by atoms with van der Waals surface area (Å²) >= 11 is 1.46. The lowest BCUT2D eigenvalue weighted by molar-refractivity contribution is -0.113. The molecule has 0 aliphatic heterocycles. The standard InChI is InChI=1S/C23H27N3OS/c1-5-18-8-7-9-19(6-2)22(18)25-21(27)15-28-23-24-12-13-26(23)20-11-10-16(3)14-17(20)4/h7-14H,5-6,15H2,1-4H3,(H,25,27). The molecule has 0 spiro atoms. The zero-order valence-corrected chi connectivity index (χ0v) is 17.8. The number of para-hydroxylation sites is 1. The molecule has 0 saturated carbocycles. The van der Waals surface area contributed by atoms with Crippen LogP contribution < -0.4 is 5.32 Å². The summed E-state index contributed by atoms with van der Waals surface area (Å²) in [4.78, 5) is 17.1. The maximum absolute atomic E-state index is 12.6. The summed E-state index contributed by atoms with van der Waals surface area (Å²) in [5.41, 5.74) is 6.83. The van der Waals surface area contributed by atoms with E-state index in [1.54, 1.807) is 6.20 Å². The molecule has 5 heteroatoms. The van der Waals surface area contributed by atoms with Gasteiger partial charge in [-0.1, -0.05) is 61.5 Å². The van der Waals surface area contributed by atoms with Gasteiger partial charge in [0.1, 0.15) is 0 Å². The third-order valence-corrected chi connectivity index (χ3v) is 5.78. The molecule has 0 saturated heterocycles. The zero-order chi connectivity index (χ0) is 20.1. The number of aryl methyl sites for hydroxylation is 4. The van der Waals surface area contributed by atoms with Crippen molar-refractivity contribution in [3.8, 4) is 5.69 Å². The van der Waals surface area contributed by atoms with Crippen molar-refractivity contribution < 1.29 is 4.79 Å². The van der Waals surface area contributed by atoms with Crippen LogP contribution >= 0.6 is 11.8 Å². The molecular weight excluding hydrogens is 366 g/mol. The van der Waals surface area contributed by atoms with E-state index in [-0.39, 0.29) is 5.91 Å². The number of aromatic nitrogens is 2. The Kier molecular flexibility index (Phi) is 6.57. The predicted molar refractivity (Wildman–Crippen MR) is 118 cm³/mol. The first-order valence-electron chi connectivity index (χ1n) is 9.67. The van der Waals surface area contributed by atoms with Crippen LogP contribution in [0.25, 0.3) is 5.69 Å². The average molecular weight is 394 g/mol. The summed E-state index contributed by atoms with van der Waals surface area (Å²) in [6.07, 6.45) is 5.52. The van der Waals surface area contributed by atoms with Crippen LogP contribution in [0.2, 0.25) is 0 Å². The number of carbonyl (C=O) groups excluding carboxylic acids is 1. The van der Waals surface area contributed by atoms with E-state index >= 15 is 0 Å². The Hall–Kier alpha value is -2.53. The highest BCUT2D eigenvalue weighted by Gasteiger charge is 2.13. The Bertz CT molecular complexity index is 955. The van der Waals surface area contributed by atoms with Gasteiger partial charge in [-0.3, -0.25) is 9.36 Å². The van der Waals surface area contributed by atoms with Crippen molar-refractivity contribution in [1.82, 2.24) is 9.55 Å². The maximum Gasteiger partial charge on any atom is 0.234 e. The Labute approximate surface area is 171 Å². The SMILES string of the molecule is CCc1cccc(CC)c1NC(=O)CSc1nccn1-c1ccc(C)cc1C. The largest absolute Gasteiger partial charge is 0.325 e. The van der Waals surface area contributed by atoms with Crippen molar-refractivity contribution in [1.29, 1.82) is 0 Å². The molecule has 1 amide bonds. The Morgan fingerprint density at radius 3 is 2.46 bits per heavy atom. The zero-order valence-electron chi connectivity index (χ0n) is 17.0. The Balaban J connectivity index is 1.73. The number of anilines is 1. The van der Waals surface area contributed by atoms with E-state index in [2.05, 4.69) is 74.4 Å². The van der Waals surface area contributed by atoms with Crippen molar-refractivity contribution in [2.45, 2.75) is 45.7 Å². The Morgan fingerprint density at radius 1 is 1.11 bits per heavy atom. The molecule has 4 nitrogen and oxygen atoms in total. The number of hydrogen-bond acceptors (Lipinski definition) is 3. The van der Waals surface area contributed by atoms with Gasteiger partial charge < -0.3 is 5.32 Å². The van der Waals surface area contributed by atoms with E-state index in [0.717, 1.165) is 29.4 Å². The lowest BCUT2D eigenvalue weighted by Crippen LogP contribution is -2.17. The molecule has 1 N–H and O–H groups in total. The molecule has 0 fully saturated rings. The van der Waals surface area contributed by atoms with Gasteiger partial charge in [-0.25, -0.2) is 4.98 Å². The van der Waals surface area contributed by atoms with Crippen LogP contribution in [-0.2, 0) is 17.6 Å². The van der Waals surface area contributed by atoms with Crippen LogP contribution in [0.4, 0.5) is 5.69 Å². The fourth-order valence-corrected chi connectivity index (χ4v) is 4.13. The molecule has 0 bridgehead atoms. The van der Waals surface area contributed by atoms with Crippen molar-refractivity contribution in [2.75, 3.05) is 11.1 Å². The smallest absolute Gasteiger partial charge is 0.234 e. The molecule has 1 heterocycles. The second kappa shape index (κ2) is 9.11. The number of nitrogens with one attached hydrogen (secondary N) is 1. The second-order valence-electron chi connectivity index (χ2n) is 6.86. The van der Waals surface area contributed by atoms with Crippen LogP contribution in [0.15, 0.2) is 53.9 Å². The molecule has 0 aliphatic rings. The highest BCUT2D eigenvalue weighted by Crippen LogP contribution is 2.25. The second-order valence-corrected chi connectivity index (χ2v) is 7.81. The van der Waals surface area contributed by atoms with Crippen LogP contribution in [0.1, 0.15) is 36.1 Å². The number of amides is 1. The fraction of sp³-hybridized carbons (Fsp3) is 0.304. The van der Waals surface area contributed by atoms with Gasteiger partial charge in [0.15, 0.2) is 5.16 Å². The first kappa shape index (κ1) is 20.2. The summed E-state index contributed by atoms with van der Waals surface area (Å²) in [7, 11) is 0. The van der Waals surface area contributed by atoms with E-state index in [9.17, 15) is 4.79 Å². The van der Waals surface area contributed by atoms with Gasteiger partial charge in [0.25, 0.3) is 0 Å². The van der Waals surface area contributed by atoms with E-state index in [1.165, 1.54) is 34.0 Å². The number of benzene rings is 2. The number of hydrogen-bond donors (Lipinski definition) is 1. The highest BCUT2D eigenvalue weighted by atomic mass is 32.2. The molecule has 0 atom stereocenters. The van der Waals surface area contributed by atoms with Crippen LogP contribution in [0.3, 0.4) is 0 Å². The summed E-state index contributed by atoms with van der Waals surface area (Å²) in [5, 5.41) is 3.95. The number of imidazole rings is 1. The molecule has 3 rings (SSSR count). The van der Waals surface area contributed by atoms with Crippen molar-refractivity contribution in [3.63, 3.8) is 0 Å². The predicted octanol–water partition coefficient (Wildman–Crippen LogP) is 5.34. The number of carbonyl (C=O) groups is 1. The third kappa shape index (κ3) is 4.47. The van der Waals surface area contributed by atoms with Crippen molar-refractivity contribution in [3.05, 3.63) is 71.0 Å². The van der Waals surface area contributed by atoms with Gasteiger partial charge in [0.2, 0.25) is 5.91 Å². The van der Waals surface area contributed by atoms with Crippen molar-refractivity contribution in [2.24, 2.45) is 0 Å². The molecule has 0 unspecified atom stereocenters. The molecule has 0 aliphatic carbocycles. The van der Waals surface area contributed by atoms with Gasteiger partial charge in [0, 0.05) is 18.1 Å². The van der Waals surface area contributed by atoms with Gasteiger partial charge in [-0.2, -0.15) is 0 Å². The van der Waals surface area contributed by atoms with E-state index in [4.69, 9.17) is 0 Å². The first-order chi connectivity index (χ1) is 13.5. The lowest BCUT2D eigenvalue weighted by Gasteiger charge is -2.15. The molecule has 1 aromatic heterocycles. The topological polar surface area (TPSA) is 46.9 Å². The van der Waals surface area contributed by atoms with Gasteiger partial charge in [-0.05, 0) is 49.4 Å². The molecular formula is C23H27N3OS. The molecule has 0 radical (unpaired) electrons. The van der Waals surface area contributed by atoms with Crippen LogP contribution in [0, 0.1) is 13.8 Å². The van der Waals surface area contributed by atoms with Crippen LogP contribution in [-0.4, -0.2) is 21.2 Å². The van der Waals surface area contributed by atoms with Gasteiger partial charge in [-0.15, -0.1) is 0 Å². The maximum atomic E-state index is 12.6. The first-order valence-corrected chi connectivity index (χ1v) is 10.7. The van der Waals surface area contributed by atoms with E-state index < -0.39 is 0 Å². The van der Waals surface area contributed by atoms with E-state index in [1.807, 2.05) is 10.8 Å². The normalized spacial score (nSPS) is 10.9. The summed E-state index contributed by atoms with van der Waals surface area (Å²) in [6, 6.07) is 12.6. The molecule has 146 valence electrons. The van der Waals surface area contributed by atoms with E-state index in [0.29, 0.717) is 5.75 Å². The minimum absolute atomic E-state index is 0.00391. The third-order valence-electron chi connectivity index (χ3n) is 4.81. The summed E-state index contributed by atoms with van der Waals surface area (Å²) in [6.45, 7) is 8.40. The number of nitrogens with zero attached hydrogens (tertiary/aromatic N) is 2. The monoisotopic (exact) mass is 393 g/mol. The average Bonchev–Trinajstić information content (AvgIpc) is 3.14. The fourth-order valence-electron chi connectivity index (χ4n) is 3.36. The molecule has 2 aromatic carbocycles. The number of rotatable bonds is 7. The summed E-state index contributed by atoms with van der Waals surface area (Å²) in [5.74, 6) is 0.319. The Morgan fingerprint density at radius 2 is 1.82 bits per heavy atom.